The van der Waals surface area contributed by atoms with Gasteiger partial charge in [-0.05, 0) is 23.3 Å². The molecule has 0 saturated heterocycles. The van der Waals surface area contributed by atoms with Crippen LogP contribution >= 0.6 is 0 Å². The molecule has 3 heteroatoms. The number of nitrogens with two attached hydrogens (primary N) is 1. The van der Waals surface area contributed by atoms with Crippen molar-refractivity contribution in [3.05, 3.63) is 65.2 Å². The van der Waals surface area contributed by atoms with Gasteiger partial charge in [-0.15, -0.1) is 0 Å². The third-order valence-corrected chi connectivity index (χ3v) is 2.75. The Hall–Kier alpha value is -2.55. The molecule has 3 nitrogen and oxygen atoms in total. The van der Waals surface area contributed by atoms with E-state index in [-0.39, 0.29) is 0 Å². The van der Waals surface area contributed by atoms with Crippen molar-refractivity contribution in [2.24, 2.45) is 0 Å². The second kappa shape index (κ2) is 5.87. The number of anilines is 1. The molecule has 0 heterocycles. The van der Waals surface area contributed by atoms with Gasteiger partial charge in [0.1, 0.15) is 0 Å². The minimum absolute atomic E-state index is 0.387. The zero-order valence-corrected chi connectivity index (χ0v) is 10.7. The van der Waals surface area contributed by atoms with Gasteiger partial charge in [-0.3, -0.25) is 0 Å². The van der Waals surface area contributed by atoms with Crippen molar-refractivity contribution < 1.29 is 9.53 Å². The number of hydrogen-bond donors (Lipinski definition) is 1. The molecule has 19 heavy (non-hydrogen) atoms. The van der Waals surface area contributed by atoms with Crippen molar-refractivity contribution in [3.8, 4) is 0 Å². The number of benzene rings is 2. The fourth-order valence-electron chi connectivity index (χ4n) is 1.72. The van der Waals surface area contributed by atoms with Gasteiger partial charge >= 0.3 is 5.97 Å². The number of nitrogen functional groups attached to an aromatic ring is 1. The normalized spacial score (nSPS) is 10.6. The van der Waals surface area contributed by atoms with Gasteiger partial charge in [0, 0.05) is 5.69 Å². The topological polar surface area (TPSA) is 52.3 Å². The van der Waals surface area contributed by atoms with E-state index in [2.05, 4.69) is 0 Å². The van der Waals surface area contributed by atoms with Gasteiger partial charge < -0.3 is 10.5 Å². The van der Waals surface area contributed by atoms with E-state index in [0.717, 1.165) is 11.1 Å². The number of rotatable bonds is 3. The van der Waals surface area contributed by atoms with Crippen LogP contribution in [0.4, 0.5) is 5.69 Å². The Bertz CT molecular complexity index is 603. The summed E-state index contributed by atoms with van der Waals surface area (Å²) in [5, 5.41) is 0. The highest BCUT2D eigenvalue weighted by Gasteiger charge is 2.09. The lowest BCUT2D eigenvalue weighted by molar-refractivity contribution is 0.0602. The summed E-state index contributed by atoms with van der Waals surface area (Å²) in [5.74, 6) is -0.424. The largest absolute Gasteiger partial charge is 0.465 e. The van der Waals surface area contributed by atoms with E-state index < -0.39 is 5.97 Å². The molecular formula is C16H15NO2. The van der Waals surface area contributed by atoms with Crippen LogP contribution in [0.5, 0.6) is 0 Å². The van der Waals surface area contributed by atoms with Crippen molar-refractivity contribution >= 4 is 23.8 Å². The Kier molecular flexibility index (Phi) is 3.98. The number of esters is 1. The number of ether oxygens (including phenoxy) is 1. The second-order valence-corrected chi connectivity index (χ2v) is 4.08. The molecule has 0 aliphatic rings. The molecule has 0 aliphatic heterocycles. The molecule has 0 bridgehead atoms. The zero-order valence-electron chi connectivity index (χ0n) is 10.7. The summed E-state index contributed by atoms with van der Waals surface area (Å²) >= 11 is 0. The van der Waals surface area contributed by atoms with E-state index in [4.69, 9.17) is 10.5 Å². The molecule has 0 fully saturated rings. The van der Waals surface area contributed by atoms with Crippen molar-refractivity contribution in [2.75, 3.05) is 12.8 Å². The third kappa shape index (κ3) is 3.22. The lowest BCUT2D eigenvalue weighted by atomic mass is 10.1. The van der Waals surface area contributed by atoms with Crippen LogP contribution in [0.25, 0.3) is 12.2 Å². The molecule has 2 aromatic rings. The summed E-state index contributed by atoms with van der Waals surface area (Å²) in [6.45, 7) is 0. The Morgan fingerprint density at radius 1 is 1.05 bits per heavy atom. The molecule has 0 aromatic heterocycles. The summed E-state index contributed by atoms with van der Waals surface area (Å²) in [7, 11) is 1.34. The maximum absolute atomic E-state index is 11.5. The first-order valence-corrected chi connectivity index (χ1v) is 5.91. The van der Waals surface area contributed by atoms with Crippen LogP contribution < -0.4 is 5.73 Å². The maximum Gasteiger partial charge on any atom is 0.339 e. The molecule has 2 N–H and O–H groups in total. The monoisotopic (exact) mass is 253 g/mol. The number of carbonyl (C=O) groups excluding carboxylic acids is 1. The molecule has 0 amide bonds. The van der Waals surface area contributed by atoms with Crippen LogP contribution in [0.3, 0.4) is 0 Å². The van der Waals surface area contributed by atoms with Crippen molar-refractivity contribution in [1.82, 2.24) is 0 Å². The van der Waals surface area contributed by atoms with Crippen LogP contribution in [-0.2, 0) is 4.74 Å². The maximum atomic E-state index is 11.5. The van der Waals surface area contributed by atoms with Gasteiger partial charge in [0.25, 0.3) is 0 Å². The summed E-state index contributed by atoms with van der Waals surface area (Å²) < 4.78 is 4.69. The van der Waals surface area contributed by atoms with Crippen molar-refractivity contribution in [2.45, 2.75) is 0 Å². The third-order valence-electron chi connectivity index (χ3n) is 2.75. The summed E-state index contributed by atoms with van der Waals surface area (Å²) in [4.78, 5) is 11.5. The van der Waals surface area contributed by atoms with E-state index in [1.165, 1.54) is 7.11 Å². The average Bonchev–Trinajstić information content (AvgIpc) is 2.46. The summed E-state index contributed by atoms with van der Waals surface area (Å²) in [6, 6.07) is 15.2. The number of hydrogen-bond acceptors (Lipinski definition) is 3. The van der Waals surface area contributed by atoms with Gasteiger partial charge in [-0.25, -0.2) is 4.79 Å². The Labute approximate surface area is 112 Å². The SMILES string of the molecule is COC(=O)c1cc(/C=C/c2ccccc2)ccc1N. The van der Waals surface area contributed by atoms with Gasteiger partial charge in [-0.1, -0.05) is 48.6 Å². The van der Waals surface area contributed by atoms with Crippen LogP contribution in [0.2, 0.25) is 0 Å². The van der Waals surface area contributed by atoms with Gasteiger partial charge in [-0.2, -0.15) is 0 Å². The molecule has 0 aliphatic carbocycles. The first kappa shape index (κ1) is 12.9. The molecule has 0 saturated carbocycles. The van der Waals surface area contributed by atoms with Crippen LogP contribution in [0.15, 0.2) is 48.5 Å². The lowest BCUT2D eigenvalue weighted by Gasteiger charge is -2.04. The summed E-state index contributed by atoms with van der Waals surface area (Å²) in [5.41, 5.74) is 8.55. The fourth-order valence-corrected chi connectivity index (χ4v) is 1.72. The van der Waals surface area contributed by atoms with E-state index in [1.807, 2.05) is 48.6 Å². The highest BCUT2D eigenvalue weighted by molar-refractivity contribution is 5.96. The van der Waals surface area contributed by atoms with Crippen molar-refractivity contribution in [1.29, 1.82) is 0 Å². The molecule has 0 spiro atoms. The minimum Gasteiger partial charge on any atom is -0.465 e. The quantitative estimate of drug-likeness (QED) is 0.519. The molecule has 0 atom stereocenters. The number of methoxy groups -OCH3 is 1. The minimum atomic E-state index is -0.424. The standard InChI is InChI=1S/C16H15NO2/c1-19-16(18)14-11-13(9-10-15(14)17)8-7-12-5-3-2-4-6-12/h2-11H,17H2,1H3/b8-7+. The van der Waals surface area contributed by atoms with Crippen LogP contribution in [-0.4, -0.2) is 13.1 Å². The van der Waals surface area contributed by atoms with E-state index in [1.54, 1.807) is 12.1 Å². The fraction of sp³-hybridized carbons (Fsp3) is 0.0625. The first-order chi connectivity index (χ1) is 9.20. The van der Waals surface area contributed by atoms with E-state index in [0.29, 0.717) is 11.3 Å². The Morgan fingerprint density at radius 3 is 2.42 bits per heavy atom. The molecule has 96 valence electrons. The van der Waals surface area contributed by atoms with Gasteiger partial charge in [0.05, 0.1) is 12.7 Å². The number of carbonyl (C=O) groups is 1. The predicted molar refractivity (Wildman–Crippen MR) is 77.6 cm³/mol. The van der Waals surface area contributed by atoms with Gasteiger partial charge in [0.2, 0.25) is 0 Å². The highest BCUT2D eigenvalue weighted by atomic mass is 16.5. The van der Waals surface area contributed by atoms with Crippen LogP contribution in [0.1, 0.15) is 21.5 Å². The molecule has 0 radical (unpaired) electrons. The Balaban J connectivity index is 2.27. The zero-order chi connectivity index (χ0) is 13.7. The Morgan fingerprint density at radius 2 is 1.74 bits per heavy atom. The first-order valence-electron chi connectivity index (χ1n) is 5.91. The smallest absolute Gasteiger partial charge is 0.339 e. The van der Waals surface area contributed by atoms with Crippen LogP contribution in [0, 0.1) is 0 Å². The molecule has 2 rings (SSSR count). The summed E-state index contributed by atoms with van der Waals surface area (Å²) in [6.07, 6.45) is 3.91. The predicted octanol–water partition coefficient (Wildman–Crippen LogP) is 3.23. The lowest BCUT2D eigenvalue weighted by Crippen LogP contribution is -2.05. The second-order valence-electron chi connectivity index (χ2n) is 4.08. The van der Waals surface area contributed by atoms with E-state index >= 15 is 0 Å². The van der Waals surface area contributed by atoms with Gasteiger partial charge in [0.15, 0.2) is 0 Å². The molecular weight excluding hydrogens is 238 g/mol. The average molecular weight is 253 g/mol. The highest BCUT2D eigenvalue weighted by Crippen LogP contribution is 2.17. The molecule has 2 aromatic carbocycles. The van der Waals surface area contributed by atoms with Crippen molar-refractivity contribution in [3.63, 3.8) is 0 Å². The molecule has 0 unspecified atom stereocenters. The van der Waals surface area contributed by atoms with E-state index in [9.17, 15) is 4.79 Å².